The highest BCUT2D eigenvalue weighted by atomic mass is 16.5. The average molecular weight is 314 g/mol. The quantitative estimate of drug-likeness (QED) is 0.868. The lowest BCUT2D eigenvalue weighted by atomic mass is 9.96. The Morgan fingerprint density at radius 2 is 1.74 bits per heavy atom. The van der Waals surface area contributed by atoms with Gasteiger partial charge in [0.15, 0.2) is 23.4 Å². The van der Waals surface area contributed by atoms with Gasteiger partial charge in [0.2, 0.25) is 0 Å². The molecule has 3 rings (SSSR count). The van der Waals surface area contributed by atoms with E-state index in [1.165, 1.54) is 0 Å². The summed E-state index contributed by atoms with van der Waals surface area (Å²) in [4.78, 5) is 12.4. The van der Waals surface area contributed by atoms with E-state index in [9.17, 15) is 4.79 Å². The van der Waals surface area contributed by atoms with Crippen molar-refractivity contribution in [2.24, 2.45) is 0 Å². The van der Waals surface area contributed by atoms with Crippen LogP contribution in [0.3, 0.4) is 0 Å². The first-order valence-corrected chi connectivity index (χ1v) is 7.24. The lowest BCUT2D eigenvalue weighted by molar-refractivity contribution is -0.126. The Morgan fingerprint density at radius 3 is 2.43 bits per heavy atom. The van der Waals surface area contributed by atoms with Gasteiger partial charge in [-0.25, -0.2) is 0 Å². The van der Waals surface area contributed by atoms with Gasteiger partial charge in [-0.1, -0.05) is 12.1 Å². The maximum atomic E-state index is 12.4. The van der Waals surface area contributed by atoms with Crippen LogP contribution in [0.5, 0.6) is 23.0 Å². The first-order valence-electron chi connectivity index (χ1n) is 7.24. The fourth-order valence-electron chi connectivity index (χ4n) is 2.66. The molecular formula is C18H18O5. The van der Waals surface area contributed by atoms with Gasteiger partial charge in [0, 0.05) is 23.6 Å². The van der Waals surface area contributed by atoms with Crippen LogP contribution in [0.4, 0.5) is 0 Å². The van der Waals surface area contributed by atoms with Gasteiger partial charge in [-0.2, -0.15) is 0 Å². The maximum absolute atomic E-state index is 12.4. The van der Waals surface area contributed by atoms with Crippen LogP contribution in [0.1, 0.15) is 17.2 Å². The van der Waals surface area contributed by atoms with Crippen LogP contribution in [0.2, 0.25) is 0 Å². The Labute approximate surface area is 134 Å². The van der Waals surface area contributed by atoms with E-state index < -0.39 is 6.10 Å². The van der Waals surface area contributed by atoms with Crippen molar-refractivity contribution >= 4 is 5.78 Å². The van der Waals surface area contributed by atoms with E-state index in [4.69, 9.17) is 18.9 Å². The molecule has 2 aromatic rings. The van der Waals surface area contributed by atoms with Crippen molar-refractivity contribution in [1.29, 1.82) is 0 Å². The summed E-state index contributed by atoms with van der Waals surface area (Å²) in [5.41, 5.74) is 1.61. The van der Waals surface area contributed by atoms with E-state index in [2.05, 4.69) is 0 Å². The number of hydrogen-bond acceptors (Lipinski definition) is 5. The molecule has 0 amide bonds. The first kappa shape index (κ1) is 15.2. The maximum Gasteiger partial charge on any atom is 0.182 e. The number of ether oxygens (including phenoxy) is 4. The van der Waals surface area contributed by atoms with Crippen LogP contribution in [-0.2, 0) is 11.2 Å². The molecule has 0 saturated carbocycles. The number of carbonyl (C=O) groups excluding carboxylic acids is 1. The number of carbonyl (C=O) groups is 1. The highest BCUT2D eigenvalue weighted by Gasteiger charge is 2.30. The molecule has 0 saturated heterocycles. The molecule has 0 spiro atoms. The Balaban J connectivity index is 1.95. The van der Waals surface area contributed by atoms with Gasteiger partial charge in [0.05, 0.1) is 21.3 Å². The van der Waals surface area contributed by atoms with Crippen molar-refractivity contribution in [2.45, 2.75) is 12.5 Å². The van der Waals surface area contributed by atoms with Crippen molar-refractivity contribution in [2.75, 3.05) is 21.3 Å². The van der Waals surface area contributed by atoms with E-state index in [0.29, 0.717) is 29.4 Å². The molecule has 0 aliphatic carbocycles. The summed E-state index contributed by atoms with van der Waals surface area (Å²) < 4.78 is 21.7. The van der Waals surface area contributed by atoms with E-state index in [1.54, 1.807) is 39.5 Å². The van der Waals surface area contributed by atoms with Crippen LogP contribution in [0, 0.1) is 0 Å². The summed E-state index contributed by atoms with van der Waals surface area (Å²) in [6.45, 7) is 0. The highest BCUT2D eigenvalue weighted by Crippen LogP contribution is 2.37. The van der Waals surface area contributed by atoms with Crippen LogP contribution in [0.25, 0.3) is 0 Å². The molecule has 23 heavy (non-hydrogen) atoms. The minimum Gasteiger partial charge on any atom is -0.497 e. The van der Waals surface area contributed by atoms with Crippen molar-refractivity contribution < 1.29 is 23.7 Å². The normalized spacial score (nSPS) is 16.3. The van der Waals surface area contributed by atoms with E-state index in [0.717, 1.165) is 11.1 Å². The molecule has 0 radical (unpaired) electrons. The molecule has 5 heteroatoms. The number of fused-ring (bicyclic) bond motifs is 1. The lowest BCUT2D eigenvalue weighted by Crippen LogP contribution is -2.25. The second-order valence-electron chi connectivity index (χ2n) is 5.23. The Morgan fingerprint density at radius 1 is 0.957 bits per heavy atom. The van der Waals surface area contributed by atoms with Crippen molar-refractivity contribution in [3.63, 3.8) is 0 Å². The number of benzene rings is 2. The molecular weight excluding hydrogens is 296 g/mol. The van der Waals surface area contributed by atoms with Gasteiger partial charge in [-0.05, 0) is 18.2 Å². The van der Waals surface area contributed by atoms with Crippen LogP contribution in [-0.4, -0.2) is 27.1 Å². The highest BCUT2D eigenvalue weighted by molar-refractivity contribution is 5.89. The fraction of sp³-hybridized carbons (Fsp3) is 0.278. The van der Waals surface area contributed by atoms with E-state index in [1.807, 2.05) is 18.2 Å². The van der Waals surface area contributed by atoms with Gasteiger partial charge < -0.3 is 18.9 Å². The van der Waals surface area contributed by atoms with Crippen LogP contribution < -0.4 is 18.9 Å². The zero-order chi connectivity index (χ0) is 16.4. The molecule has 1 atom stereocenters. The molecule has 120 valence electrons. The number of rotatable bonds is 4. The Bertz CT molecular complexity index is 738. The number of Topliss-reactive ketones (excluding diaryl/α,β-unsaturated/α-hetero) is 1. The second kappa shape index (κ2) is 6.20. The molecule has 0 unspecified atom stereocenters. The second-order valence-corrected chi connectivity index (χ2v) is 5.23. The minimum atomic E-state index is -0.658. The van der Waals surface area contributed by atoms with Gasteiger partial charge in [0.1, 0.15) is 11.5 Å². The smallest absolute Gasteiger partial charge is 0.182 e. The molecule has 0 aromatic heterocycles. The summed E-state index contributed by atoms with van der Waals surface area (Å²) in [5, 5.41) is 0. The predicted octanol–water partition coefficient (Wildman–Crippen LogP) is 2.96. The number of hydrogen-bond donors (Lipinski definition) is 0. The SMILES string of the molecule is COc1ccc2c(c1)O[C@H](c1ccc(OC)c(OC)c1)C(=O)C2. The third-order valence-electron chi connectivity index (χ3n) is 3.89. The van der Waals surface area contributed by atoms with E-state index >= 15 is 0 Å². The monoisotopic (exact) mass is 314 g/mol. The summed E-state index contributed by atoms with van der Waals surface area (Å²) in [7, 11) is 4.73. The number of ketones is 1. The topological polar surface area (TPSA) is 54.0 Å². The zero-order valence-corrected chi connectivity index (χ0v) is 13.3. The summed E-state index contributed by atoms with van der Waals surface area (Å²) >= 11 is 0. The average Bonchev–Trinajstić information content (AvgIpc) is 2.60. The molecule has 1 heterocycles. The van der Waals surface area contributed by atoms with Crippen molar-refractivity contribution in [3.05, 3.63) is 47.5 Å². The van der Waals surface area contributed by atoms with Crippen LogP contribution >= 0.6 is 0 Å². The zero-order valence-electron chi connectivity index (χ0n) is 13.3. The third kappa shape index (κ3) is 2.82. The fourth-order valence-corrected chi connectivity index (χ4v) is 2.66. The molecule has 5 nitrogen and oxygen atoms in total. The Kier molecular flexibility index (Phi) is 4.10. The molecule has 0 N–H and O–H groups in total. The Hall–Kier alpha value is -2.69. The summed E-state index contributed by atoms with van der Waals surface area (Å²) in [5.74, 6) is 2.56. The van der Waals surface area contributed by atoms with Crippen molar-refractivity contribution in [3.8, 4) is 23.0 Å². The lowest BCUT2D eigenvalue weighted by Gasteiger charge is -2.26. The van der Waals surface area contributed by atoms with Gasteiger partial charge in [-0.3, -0.25) is 4.79 Å². The van der Waals surface area contributed by atoms with Crippen molar-refractivity contribution in [1.82, 2.24) is 0 Å². The van der Waals surface area contributed by atoms with Gasteiger partial charge in [-0.15, -0.1) is 0 Å². The minimum absolute atomic E-state index is 0.00915. The molecule has 1 aliphatic rings. The molecule has 1 aliphatic heterocycles. The van der Waals surface area contributed by atoms with Crippen LogP contribution in [0.15, 0.2) is 36.4 Å². The predicted molar refractivity (Wildman–Crippen MR) is 84.6 cm³/mol. The molecule has 0 fully saturated rings. The molecule has 0 bridgehead atoms. The molecule has 2 aromatic carbocycles. The third-order valence-corrected chi connectivity index (χ3v) is 3.89. The van der Waals surface area contributed by atoms with Gasteiger partial charge >= 0.3 is 0 Å². The number of methoxy groups -OCH3 is 3. The van der Waals surface area contributed by atoms with Gasteiger partial charge in [0.25, 0.3) is 0 Å². The van der Waals surface area contributed by atoms with E-state index in [-0.39, 0.29) is 5.78 Å². The summed E-state index contributed by atoms with van der Waals surface area (Å²) in [6, 6.07) is 10.8. The largest absolute Gasteiger partial charge is 0.497 e. The standard InChI is InChI=1S/C18H18O5/c1-20-13-6-4-11-8-14(19)18(23-16(11)10-13)12-5-7-15(21-2)17(9-12)22-3/h4-7,9-10,18H,8H2,1-3H3/t18-/m1/s1. The summed E-state index contributed by atoms with van der Waals surface area (Å²) in [6.07, 6.45) is -0.326. The first-order chi connectivity index (χ1) is 11.2.